The molecule has 0 radical (unpaired) electrons. The van der Waals surface area contributed by atoms with Crippen LogP contribution in [0.15, 0.2) is 12.2 Å². The summed E-state index contributed by atoms with van der Waals surface area (Å²) in [5, 5.41) is 55.1. The molecular formula is C80H157NO8. The van der Waals surface area contributed by atoms with E-state index < -0.39 is 49.5 Å². The summed E-state index contributed by atoms with van der Waals surface area (Å²) in [6, 6.07) is -0.718. The van der Waals surface area contributed by atoms with Crippen molar-refractivity contribution in [1.82, 2.24) is 5.32 Å². The highest BCUT2D eigenvalue weighted by Crippen LogP contribution is 2.24. The van der Waals surface area contributed by atoms with Gasteiger partial charge in [0, 0.05) is 6.42 Å². The first-order valence-corrected chi connectivity index (χ1v) is 40.4. The van der Waals surface area contributed by atoms with Gasteiger partial charge in [0.25, 0.3) is 0 Å². The topological polar surface area (TPSA) is 149 Å². The first-order chi connectivity index (χ1) is 43.8. The molecule has 6 N–H and O–H groups in total. The molecule has 0 aromatic rings. The predicted octanol–water partition coefficient (Wildman–Crippen LogP) is 23.0. The lowest BCUT2D eigenvalue weighted by atomic mass is 9.99. The Hall–Kier alpha value is -1.07. The van der Waals surface area contributed by atoms with E-state index in [1.165, 1.54) is 372 Å². The zero-order valence-corrected chi connectivity index (χ0v) is 59.7. The van der Waals surface area contributed by atoms with E-state index in [4.69, 9.17) is 9.47 Å². The van der Waals surface area contributed by atoms with Crippen molar-refractivity contribution < 1.29 is 39.8 Å². The first-order valence-electron chi connectivity index (χ1n) is 40.4. The molecule has 1 aliphatic rings. The number of rotatable bonds is 73. The van der Waals surface area contributed by atoms with E-state index in [2.05, 4.69) is 31.3 Å². The molecule has 7 atom stereocenters. The molecule has 0 aromatic carbocycles. The Labute approximate surface area is 554 Å². The lowest BCUT2D eigenvalue weighted by Crippen LogP contribution is -2.60. The van der Waals surface area contributed by atoms with Crippen LogP contribution in [0.1, 0.15) is 438 Å². The van der Waals surface area contributed by atoms with E-state index in [1.807, 2.05) is 0 Å². The molecule has 0 aliphatic carbocycles. The average molecular weight is 1260 g/mol. The third-order valence-corrected chi connectivity index (χ3v) is 19.9. The summed E-state index contributed by atoms with van der Waals surface area (Å²) in [5.74, 6) is -0.133. The van der Waals surface area contributed by atoms with Gasteiger partial charge in [0.05, 0.1) is 25.4 Å². The highest BCUT2D eigenvalue weighted by molar-refractivity contribution is 5.76. The lowest BCUT2D eigenvalue weighted by molar-refractivity contribution is -0.302. The van der Waals surface area contributed by atoms with Crippen LogP contribution in [0, 0.1) is 0 Å². The van der Waals surface area contributed by atoms with Gasteiger partial charge in [-0.05, 0) is 38.5 Å². The van der Waals surface area contributed by atoms with Gasteiger partial charge in [0.15, 0.2) is 6.29 Å². The summed E-state index contributed by atoms with van der Waals surface area (Å²) in [5.41, 5.74) is 0. The van der Waals surface area contributed by atoms with Gasteiger partial charge in [0.1, 0.15) is 24.4 Å². The Bertz CT molecular complexity index is 1410. The summed E-state index contributed by atoms with van der Waals surface area (Å²) in [6.07, 6.45) is 84.7. The van der Waals surface area contributed by atoms with Gasteiger partial charge in [-0.25, -0.2) is 0 Å². The Morgan fingerprint density at radius 1 is 0.371 bits per heavy atom. The van der Waals surface area contributed by atoms with Crippen molar-refractivity contribution in [1.29, 1.82) is 0 Å². The van der Waals surface area contributed by atoms with Gasteiger partial charge in [-0.3, -0.25) is 4.79 Å². The minimum absolute atomic E-state index is 0.131. The summed E-state index contributed by atoms with van der Waals surface area (Å²) in [4.78, 5) is 13.2. The summed E-state index contributed by atoms with van der Waals surface area (Å²) in [6.45, 7) is 3.91. The number of nitrogens with one attached hydrogen (secondary N) is 1. The molecule has 0 saturated carbocycles. The molecule has 9 nitrogen and oxygen atoms in total. The van der Waals surface area contributed by atoms with E-state index in [1.54, 1.807) is 0 Å². The number of aliphatic hydroxyl groups excluding tert-OH is 5. The van der Waals surface area contributed by atoms with Crippen molar-refractivity contribution in [2.45, 2.75) is 480 Å². The van der Waals surface area contributed by atoms with Crippen molar-refractivity contribution in [3.8, 4) is 0 Å². The summed E-state index contributed by atoms with van der Waals surface area (Å²) in [7, 11) is 0. The van der Waals surface area contributed by atoms with Gasteiger partial charge in [-0.15, -0.1) is 0 Å². The minimum Gasteiger partial charge on any atom is -0.394 e. The van der Waals surface area contributed by atoms with E-state index in [-0.39, 0.29) is 12.5 Å². The Morgan fingerprint density at radius 2 is 0.629 bits per heavy atom. The zero-order chi connectivity index (χ0) is 64.2. The fourth-order valence-electron chi connectivity index (χ4n) is 13.6. The molecule has 1 heterocycles. The number of carbonyl (C=O) groups excluding carboxylic acids is 1. The van der Waals surface area contributed by atoms with E-state index in [0.29, 0.717) is 12.8 Å². The molecule has 89 heavy (non-hydrogen) atoms. The molecule has 0 aromatic heterocycles. The summed E-state index contributed by atoms with van der Waals surface area (Å²) >= 11 is 0. The molecule has 9 heteroatoms. The van der Waals surface area contributed by atoms with E-state index >= 15 is 0 Å². The van der Waals surface area contributed by atoms with Crippen LogP contribution in [0.2, 0.25) is 0 Å². The quantitative estimate of drug-likeness (QED) is 0.0261. The average Bonchev–Trinajstić information content (AvgIpc) is 2.28. The van der Waals surface area contributed by atoms with Crippen LogP contribution < -0.4 is 5.32 Å². The van der Waals surface area contributed by atoms with Crippen molar-refractivity contribution in [3.05, 3.63) is 12.2 Å². The molecule has 0 bridgehead atoms. The fourth-order valence-corrected chi connectivity index (χ4v) is 13.6. The van der Waals surface area contributed by atoms with Crippen LogP contribution in [-0.2, 0) is 14.3 Å². The number of hydrogen-bond acceptors (Lipinski definition) is 8. The Balaban J connectivity index is 2.04. The van der Waals surface area contributed by atoms with Gasteiger partial charge >= 0.3 is 0 Å². The number of allylic oxidation sites excluding steroid dienone is 2. The Kier molecular flexibility index (Phi) is 67.4. The van der Waals surface area contributed by atoms with Crippen LogP contribution in [-0.4, -0.2) is 87.5 Å². The zero-order valence-electron chi connectivity index (χ0n) is 59.7. The smallest absolute Gasteiger partial charge is 0.220 e. The van der Waals surface area contributed by atoms with Crippen LogP contribution in [0.25, 0.3) is 0 Å². The van der Waals surface area contributed by atoms with Crippen LogP contribution in [0.4, 0.5) is 0 Å². The van der Waals surface area contributed by atoms with Crippen molar-refractivity contribution >= 4 is 5.91 Å². The number of ether oxygens (including phenoxy) is 2. The maximum atomic E-state index is 13.2. The summed E-state index contributed by atoms with van der Waals surface area (Å²) < 4.78 is 11.4. The highest BCUT2D eigenvalue weighted by Gasteiger charge is 2.44. The van der Waals surface area contributed by atoms with Crippen LogP contribution in [0.5, 0.6) is 0 Å². The third-order valence-electron chi connectivity index (χ3n) is 19.9. The second-order valence-corrected chi connectivity index (χ2v) is 28.6. The minimum atomic E-state index is -1.55. The normalized spacial score (nSPS) is 17.8. The molecule has 1 fully saturated rings. The third kappa shape index (κ3) is 58.1. The fraction of sp³-hybridized carbons (Fsp3) is 0.963. The molecule has 1 rings (SSSR count). The number of unbranched alkanes of at least 4 members (excludes halogenated alkanes) is 61. The van der Waals surface area contributed by atoms with E-state index in [0.717, 1.165) is 38.5 Å². The number of amides is 1. The second kappa shape index (κ2) is 69.8. The standard InChI is InChI=1S/C80H157NO8/c1-3-5-7-9-11-13-15-17-19-21-23-25-27-29-31-33-35-37-39-41-43-45-47-49-51-53-55-57-59-61-63-65-67-69-74(83)73(72-88-80-79(87)78(86)77(85)75(71-82)89-80)81-76(84)70-68-66-64-62-60-58-56-54-52-50-48-46-44-42-40-38-36-34-32-30-28-26-24-22-20-18-16-14-12-10-8-6-4-2/h22,24,73-75,77-80,82-83,85-87H,3-21,23,25-72H2,1-2H3,(H,81,84)/b24-22-. The number of aliphatic hydroxyl groups is 5. The van der Waals surface area contributed by atoms with Crippen LogP contribution in [0.3, 0.4) is 0 Å². The van der Waals surface area contributed by atoms with Gasteiger partial charge in [-0.1, -0.05) is 405 Å². The van der Waals surface area contributed by atoms with Crippen molar-refractivity contribution in [2.24, 2.45) is 0 Å². The molecule has 1 amide bonds. The van der Waals surface area contributed by atoms with Gasteiger partial charge in [0.2, 0.25) is 5.91 Å². The lowest BCUT2D eigenvalue weighted by Gasteiger charge is -2.40. The largest absolute Gasteiger partial charge is 0.394 e. The number of hydrogen-bond donors (Lipinski definition) is 6. The number of carbonyl (C=O) groups is 1. The van der Waals surface area contributed by atoms with Gasteiger partial charge < -0.3 is 40.3 Å². The maximum Gasteiger partial charge on any atom is 0.220 e. The monoisotopic (exact) mass is 1260 g/mol. The first kappa shape index (κ1) is 85.9. The maximum absolute atomic E-state index is 13.2. The molecule has 1 saturated heterocycles. The molecule has 0 spiro atoms. The van der Waals surface area contributed by atoms with Crippen molar-refractivity contribution in [2.75, 3.05) is 13.2 Å². The highest BCUT2D eigenvalue weighted by atomic mass is 16.7. The molecular weight excluding hydrogens is 1100 g/mol. The molecule has 530 valence electrons. The molecule has 1 aliphatic heterocycles. The SMILES string of the molecule is CCCCCCCCCC/C=C\CCCCCCCCCCCCCCCCCCCCCCCC(=O)NC(COC1OC(CO)C(O)C(O)C1O)C(O)CCCCCCCCCCCCCCCCCCCCCCCCCCCCCCCCCCC. The predicted molar refractivity (Wildman–Crippen MR) is 383 cm³/mol. The Morgan fingerprint density at radius 3 is 0.910 bits per heavy atom. The second-order valence-electron chi connectivity index (χ2n) is 28.6. The van der Waals surface area contributed by atoms with Gasteiger partial charge in [-0.2, -0.15) is 0 Å². The van der Waals surface area contributed by atoms with E-state index in [9.17, 15) is 30.3 Å². The molecule has 7 unspecified atom stereocenters. The van der Waals surface area contributed by atoms with Crippen LogP contribution >= 0.6 is 0 Å². The van der Waals surface area contributed by atoms with Crippen molar-refractivity contribution in [3.63, 3.8) is 0 Å².